The molecule has 2 unspecified atom stereocenters. The summed E-state index contributed by atoms with van der Waals surface area (Å²) in [4.78, 5) is 10.6. The van der Waals surface area contributed by atoms with Crippen LogP contribution in [-0.2, 0) is 9.78 Å². The lowest BCUT2D eigenvalue weighted by atomic mass is 9.57. The zero-order chi connectivity index (χ0) is 15.8. The van der Waals surface area contributed by atoms with Crippen molar-refractivity contribution in [1.82, 2.24) is 0 Å². The SMILES string of the molecule is CCC(C)(CCC(CC)(C1OO1)C(C)(C)C)C(C)(C)C. The number of hydrogen-bond donors (Lipinski definition) is 0. The lowest BCUT2D eigenvalue weighted by Crippen LogP contribution is -2.42. The standard InChI is InChI=1S/C18H36O2/c1-10-17(9,15(3,4)5)12-13-18(11-2,14-19-20-14)16(6,7)8/h14H,10-13H2,1-9H3. The minimum atomic E-state index is -0.00595. The summed E-state index contributed by atoms with van der Waals surface area (Å²) >= 11 is 0. The molecule has 2 heteroatoms. The molecule has 0 bridgehead atoms. The summed E-state index contributed by atoms with van der Waals surface area (Å²) in [5, 5.41) is 0. The molecule has 1 heterocycles. The van der Waals surface area contributed by atoms with Crippen LogP contribution < -0.4 is 0 Å². The van der Waals surface area contributed by atoms with Crippen molar-refractivity contribution >= 4 is 0 Å². The summed E-state index contributed by atoms with van der Waals surface area (Å²) in [7, 11) is 0. The Hall–Kier alpha value is -0.0800. The summed E-state index contributed by atoms with van der Waals surface area (Å²) in [5.41, 5.74) is 0.988. The van der Waals surface area contributed by atoms with E-state index in [1.165, 1.54) is 19.3 Å². The van der Waals surface area contributed by atoms with Crippen LogP contribution in [-0.4, -0.2) is 6.29 Å². The second kappa shape index (κ2) is 5.61. The van der Waals surface area contributed by atoms with Gasteiger partial charge >= 0.3 is 0 Å². The van der Waals surface area contributed by atoms with Gasteiger partial charge in [0.15, 0.2) is 0 Å². The van der Waals surface area contributed by atoms with E-state index < -0.39 is 0 Å². The summed E-state index contributed by atoms with van der Waals surface area (Å²) in [6, 6.07) is 0. The first kappa shape index (κ1) is 18.0. The lowest BCUT2D eigenvalue weighted by molar-refractivity contribution is -0.00411. The molecule has 0 radical (unpaired) electrons. The molecule has 0 spiro atoms. The first-order valence-corrected chi connectivity index (χ1v) is 8.26. The van der Waals surface area contributed by atoms with Crippen LogP contribution in [0.15, 0.2) is 0 Å². The molecule has 2 nitrogen and oxygen atoms in total. The molecule has 1 saturated heterocycles. The predicted octanol–water partition coefficient (Wildman–Crippen LogP) is 5.96. The van der Waals surface area contributed by atoms with Crippen molar-refractivity contribution in [1.29, 1.82) is 0 Å². The van der Waals surface area contributed by atoms with E-state index in [1.54, 1.807) is 0 Å². The van der Waals surface area contributed by atoms with Crippen LogP contribution in [0.3, 0.4) is 0 Å². The maximum atomic E-state index is 5.28. The van der Waals surface area contributed by atoms with Crippen molar-refractivity contribution < 1.29 is 9.78 Å². The normalized spacial score (nSPS) is 23.2. The van der Waals surface area contributed by atoms with E-state index in [0.29, 0.717) is 10.8 Å². The fourth-order valence-corrected chi connectivity index (χ4v) is 3.51. The van der Waals surface area contributed by atoms with Crippen molar-refractivity contribution in [2.24, 2.45) is 21.7 Å². The van der Waals surface area contributed by atoms with Gasteiger partial charge in [0.2, 0.25) is 6.29 Å². The fraction of sp³-hybridized carbons (Fsp3) is 1.00. The van der Waals surface area contributed by atoms with Crippen molar-refractivity contribution in [3.05, 3.63) is 0 Å². The van der Waals surface area contributed by atoms with Crippen LogP contribution in [0.25, 0.3) is 0 Å². The molecule has 0 aromatic rings. The smallest absolute Gasteiger partial charge is 0.198 e. The van der Waals surface area contributed by atoms with Gasteiger partial charge in [0.25, 0.3) is 0 Å². The van der Waals surface area contributed by atoms with Gasteiger partial charge in [0, 0.05) is 5.41 Å². The van der Waals surface area contributed by atoms with E-state index in [4.69, 9.17) is 9.78 Å². The van der Waals surface area contributed by atoms with Crippen LogP contribution in [0.2, 0.25) is 0 Å². The Bertz CT molecular complexity index is 319. The van der Waals surface area contributed by atoms with Crippen LogP contribution in [0, 0.1) is 21.7 Å². The minimum absolute atomic E-state index is 0.00595. The lowest BCUT2D eigenvalue weighted by Gasteiger charge is -2.47. The van der Waals surface area contributed by atoms with Crippen molar-refractivity contribution in [2.45, 2.75) is 94.3 Å². The first-order chi connectivity index (χ1) is 8.93. The zero-order valence-corrected chi connectivity index (χ0v) is 15.2. The zero-order valence-electron chi connectivity index (χ0n) is 15.2. The molecule has 1 aliphatic heterocycles. The quantitative estimate of drug-likeness (QED) is 0.444. The van der Waals surface area contributed by atoms with Gasteiger partial charge in [-0.25, -0.2) is 0 Å². The molecule has 1 rings (SSSR count). The van der Waals surface area contributed by atoms with Crippen molar-refractivity contribution in [2.75, 3.05) is 0 Å². The maximum absolute atomic E-state index is 5.28. The van der Waals surface area contributed by atoms with Crippen LogP contribution in [0.4, 0.5) is 0 Å². The van der Waals surface area contributed by atoms with E-state index >= 15 is 0 Å². The van der Waals surface area contributed by atoms with Gasteiger partial charge in [0.05, 0.1) is 0 Å². The third kappa shape index (κ3) is 3.22. The second-order valence-electron chi connectivity index (χ2n) is 8.95. The van der Waals surface area contributed by atoms with E-state index in [9.17, 15) is 0 Å². The summed E-state index contributed by atoms with van der Waals surface area (Å²) in [5.74, 6) is 0. The van der Waals surface area contributed by atoms with Gasteiger partial charge in [-0.15, -0.1) is 0 Å². The highest BCUT2D eigenvalue weighted by Crippen LogP contribution is 2.56. The van der Waals surface area contributed by atoms with Gasteiger partial charge in [0.1, 0.15) is 0 Å². The molecule has 120 valence electrons. The Morgan fingerprint density at radius 2 is 1.20 bits per heavy atom. The summed E-state index contributed by atoms with van der Waals surface area (Å²) in [6.45, 7) is 21.1. The monoisotopic (exact) mass is 284 g/mol. The largest absolute Gasteiger partial charge is 0.230 e. The molecule has 2 atom stereocenters. The predicted molar refractivity (Wildman–Crippen MR) is 85.2 cm³/mol. The Morgan fingerprint density at radius 3 is 1.45 bits per heavy atom. The Kier molecular flexibility index (Phi) is 5.04. The van der Waals surface area contributed by atoms with Crippen LogP contribution in [0.5, 0.6) is 0 Å². The molecule has 20 heavy (non-hydrogen) atoms. The highest BCUT2D eigenvalue weighted by atomic mass is 17.4. The van der Waals surface area contributed by atoms with Crippen LogP contribution in [0.1, 0.15) is 88.0 Å². The highest BCUT2D eigenvalue weighted by molar-refractivity contribution is 4.96. The molecule has 0 aliphatic carbocycles. The van der Waals surface area contributed by atoms with E-state index in [1.807, 2.05) is 0 Å². The molecular formula is C18H36O2. The van der Waals surface area contributed by atoms with Crippen molar-refractivity contribution in [3.8, 4) is 0 Å². The summed E-state index contributed by atoms with van der Waals surface area (Å²) in [6.07, 6.45) is 4.70. The molecule has 0 aromatic carbocycles. The van der Waals surface area contributed by atoms with Gasteiger partial charge in [-0.1, -0.05) is 68.7 Å². The average Bonchev–Trinajstić information content (AvgIpc) is 3.11. The Labute approximate surface area is 126 Å². The molecule has 0 N–H and O–H groups in total. The van der Waals surface area contributed by atoms with Crippen LogP contribution >= 0.6 is 0 Å². The first-order valence-electron chi connectivity index (χ1n) is 8.26. The molecule has 1 aliphatic rings. The second-order valence-corrected chi connectivity index (χ2v) is 8.95. The van der Waals surface area contributed by atoms with Gasteiger partial charge in [-0.05, 0) is 35.5 Å². The molecule has 0 aromatic heterocycles. The van der Waals surface area contributed by atoms with E-state index in [2.05, 4.69) is 62.3 Å². The average molecular weight is 284 g/mol. The summed E-state index contributed by atoms with van der Waals surface area (Å²) < 4.78 is 0. The number of hydrogen-bond acceptors (Lipinski definition) is 2. The third-order valence-corrected chi connectivity index (χ3v) is 6.48. The molecule has 0 saturated carbocycles. The molecular weight excluding hydrogens is 248 g/mol. The van der Waals surface area contributed by atoms with Crippen molar-refractivity contribution in [3.63, 3.8) is 0 Å². The highest BCUT2D eigenvalue weighted by Gasteiger charge is 2.56. The molecule has 0 amide bonds. The Balaban J connectivity index is 2.93. The topological polar surface area (TPSA) is 25.1 Å². The number of rotatable bonds is 6. The van der Waals surface area contributed by atoms with Gasteiger partial charge < -0.3 is 0 Å². The van der Waals surface area contributed by atoms with E-state index in [0.717, 1.165) is 6.42 Å². The van der Waals surface area contributed by atoms with Gasteiger partial charge in [-0.2, -0.15) is 9.78 Å². The fourth-order valence-electron chi connectivity index (χ4n) is 3.51. The molecule has 1 fully saturated rings. The minimum Gasteiger partial charge on any atom is -0.198 e. The third-order valence-electron chi connectivity index (χ3n) is 6.48. The van der Waals surface area contributed by atoms with Gasteiger partial charge in [-0.3, -0.25) is 0 Å². The Morgan fingerprint density at radius 1 is 0.700 bits per heavy atom. The van der Waals surface area contributed by atoms with E-state index in [-0.39, 0.29) is 17.1 Å². The maximum Gasteiger partial charge on any atom is 0.230 e.